The minimum atomic E-state index is -0.872. The summed E-state index contributed by atoms with van der Waals surface area (Å²) in [4.78, 5) is 31.6. The minimum Gasteiger partial charge on any atom is -0.507 e. The number of rotatable bonds is 6. The molecule has 1 saturated heterocycles. The number of pyridine rings is 1. The molecule has 2 aromatic heterocycles. The maximum absolute atomic E-state index is 13.1. The number of Topliss-reactive ketones (excluding diaryl/α,β-unsaturated/α-hetero) is 1. The maximum Gasteiger partial charge on any atom is 0.301 e. The summed E-state index contributed by atoms with van der Waals surface area (Å²) in [6, 6.07) is 9.30. The van der Waals surface area contributed by atoms with E-state index in [1.807, 2.05) is 20.8 Å². The fourth-order valence-corrected chi connectivity index (χ4v) is 4.34. The summed E-state index contributed by atoms with van der Waals surface area (Å²) in [5.74, 6) is -1.05. The first-order chi connectivity index (χ1) is 15.4. The van der Waals surface area contributed by atoms with Crippen LogP contribution < -0.4 is 9.64 Å². The van der Waals surface area contributed by atoms with Gasteiger partial charge in [-0.3, -0.25) is 19.5 Å². The monoisotopic (exact) mass is 450 g/mol. The molecule has 1 atom stereocenters. The molecule has 1 unspecified atom stereocenters. The quantitative estimate of drug-likeness (QED) is 0.343. The SMILES string of the molecule is CCOc1ccc(/C(O)=C2\C(=O)C(=O)N(c3nnc(C(C)C)s3)C2c2cccnc2)cc1. The lowest BCUT2D eigenvalue weighted by Crippen LogP contribution is -2.29. The van der Waals surface area contributed by atoms with E-state index in [9.17, 15) is 14.7 Å². The summed E-state index contributed by atoms with van der Waals surface area (Å²) in [5.41, 5.74) is 0.967. The van der Waals surface area contributed by atoms with Gasteiger partial charge in [0.1, 0.15) is 16.5 Å². The van der Waals surface area contributed by atoms with Gasteiger partial charge in [0.15, 0.2) is 0 Å². The highest BCUT2D eigenvalue weighted by molar-refractivity contribution is 7.15. The fourth-order valence-electron chi connectivity index (χ4n) is 3.47. The van der Waals surface area contributed by atoms with E-state index in [-0.39, 0.29) is 17.3 Å². The zero-order chi connectivity index (χ0) is 22.8. The van der Waals surface area contributed by atoms with Gasteiger partial charge in [-0.05, 0) is 42.8 Å². The second-order valence-corrected chi connectivity index (χ2v) is 8.48. The molecule has 3 heterocycles. The molecule has 1 aliphatic heterocycles. The smallest absolute Gasteiger partial charge is 0.301 e. The lowest BCUT2D eigenvalue weighted by atomic mass is 9.96. The highest BCUT2D eigenvalue weighted by Gasteiger charge is 2.48. The van der Waals surface area contributed by atoms with Crippen LogP contribution in [-0.4, -0.2) is 38.6 Å². The normalized spacial score (nSPS) is 17.9. The van der Waals surface area contributed by atoms with E-state index in [2.05, 4.69) is 15.2 Å². The highest BCUT2D eigenvalue weighted by atomic mass is 32.1. The van der Waals surface area contributed by atoms with Crippen LogP contribution in [-0.2, 0) is 9.59 Å². The van der Waals surface area contributed by atoms with Gasteiger partial charge in [0.2, 0.25) is 5.13 Å². The number of aliphatic hydroxyl groups excluding tert-OH is 1. The van der Waals surface area contributed by atoms with Gasteiger partial charge in [-0.15, -0.1) is 10.2 Å². The Balaban J connectivity index is 1.85. The van der Waals surface area contributed by atoms with Crippen molar-refractivity contribution in [1.82, 2.24) is 15.2 Å². The van der Waals surface area contributed by atoms with E-state index in [0.717, 1.165) is 5.01 Å². The lowest BCUT2D eigenvalue weighted by Gasteiger charge is -2.22. The average molecular weight is 451 g/mol. The van der Waals surface area contributed by atoms with Crippen molar-refractivity contribution in [3.05, 3.63) is 70.5 Å². The second kappa shape index (κ2) is 8.88. The van der Waals surface area contributed by atoms with Gasteiger partial charge < -0.3 is 9.84 Å². The Bertz CT molecular complexity index is 1170. The fraction of sp³-hybridized carbons (Fsp3) is 0.261. The second-order valence-electron chi connectivity index (χ2n) is 7.49. The van der Waals surface area contributed by atoms with Crippen molar-refractivity contribution in [2.45, 2.75) is 32.7 Å². The molecule has 8 nitrogen and oxygen atoms in total. The number of hydrogen-bond acceptors (Lipinski definition) is 8. The molecule has 4 rings (SSSR count). The Morgan fingerprint density at radius 2 is 1.94 bits per heavy atom. The molecule has 0 spiro atoms. The van der Waals surface area contributed by atoms with Crippen molar-refractivity contribution in [3.63, 3.8) is 0 Å². The van der Waals surface area contributed by atoms with Crippen molar-refractivity contribution in [1.29, 1.82) is 0 Å². The van der Waals surface area contributed by atoms with E-state index in [0.29, 0.717) is 28.6 Å². The van der Waals surface area contributed by atoms with Gasteiger partial charge in [-0.2, -0.15) is 0 Å². The van der Waals surface area contributed by atoms with Gasteiger partial charge >= 0.3 is 5.91 Å². The number of ketones is 1. The number of anilines is 1. The molecule has 3 aromatic rings. The van der Waals surface area contributed by atoms with Crippen molar-refractivity contribution >= 4 is 33.9 Å². The van der Waals surface area contributed by atoms with Gasteiger partial charge in [-0.25, -0.2) is 0 Å². The predicted octanol–water partition coefficient (Wildman–Crippen LogP) is 4.08. The molecule has 1 aromatic carbocycles. The first kappa shape index (κ1) is 21.6. The van der Waals surface area contributed by atoms with Crippen LogP contribution in [0.1, 0.15) is 48.9 Å². The Morgan fingerprint density at radius 3 is 2.53 bits per heavy atom. The third-order valence-corrected chi connectivity index (χ3v) is 6.24. The summed E-state index contributed by atoms with van der Waals surface area (Å²) >= 11 is 1.25. The van der Waals surface area contributed by atoms with Crippen molar-refractivity contribution < 1.29 is 19.4 Å². The molecule has 9 heteroatoms. The van der Waals surface area contributed by atoms with Crippen LogP contribution in [0, 0.1) is 0 Å². The van der Waals surface area contributed by atoms with E-state index in [1.54, 1.807) is 48.8 Å². The van der Waals surface area contributed by atoms with Crippen LogP contribution in [0.2, 0.25) is 0 Å². The van der Waals surface area contributed by atoms with Gasteiger partial charge in [0.05, 0.1) is 18.2 Å². The van der Waals surface area contributed by atoms with Crippen LogP contribution in [0.25, 0.3) is 5.76 Å². The van der Waals surface area contributed by atoms with Gasteiger partial charge in [-0.1, -0.05) is 31.3 Å². The highest BCUT2D eigenvalue weighted by Crippen LogP contribution is 2.43. The zero-order valence-corrected chi connectivity index (χ0v) is 18.7. The summed E-state index contributed by atoms with van der Waals surface area (Å²) in [5, 5.41) is 20.5. The minimum absolute atomic E-state index is 0.0199. The first-order valence-corrected chi connectivity index (χ1v) is 11.0. The number of benzene rings is 1. The van der Waals surface area contributed by atoms with E-state index in [4.69, 9.17) is 4.74 Å². The van der Waals surface area contributed by atoms with E-state index in [1.165, 1.54) is 16.2 Å². The molecule has 0 bridgehead atoms. The number of amides is 1. The largest absolute Gasteiger partial charge is 0.507 e. The van der Waals surface area contributed by atoms with Gasteiger partial charge in [0.25, 0.3) is 5.78 Å². The van der Waals surface area contributed by atoms with Crippen molar-refractivity contribution in [3.8, 4) is 5.75 Å². The predicted molar refractivity (Wildman–Crippen MR) is 121 cm³/mol. The number of carbonyl (C=O) groups excluding carboxylic acids is 2. The molecule has 1 aliphatic rings. The maximum atomic E-state index is 13.1. The van der Waals surface area contributed by atoms with Crippen LogP contribution in [0.4, 0.5) is 5.13 Å². The van der Waals surface area contributed by atoms with Crippen molar-refractivity contribution in [2.24, 2.45) is 0 Å². The number of carbonyl (C=O) groups is 2. The standard InChI is InChI=1S/C23H22N4O4S/c1-4-31-16-9-7-14(8-10-16)19(28)17-18(15-6-5-11-24-12-15)27(22(30)20(17)29)23-26-25-21(32-23)13(2)3/h5-13,18,28H,4H2,1-3H3/b19-17+. The Kier molecular flexibility index (Phi) is 6.00. The van der Waals surface area contributed by atoms with Crippen LogP contribution in [0.5, 0.6) is 5.75 Å². The Labute approximate surface area is 189 Å². The molecule has 1 amide bonds. The summed E-state index contributed by atoms with van der Waals surface area (Å²) in [6.07, 6.45) is 3.17. The third kappa shape index (κ3) is 3.87. The third-order valence-electron chi connectivity index (χ3n) is 5.01. The summed E-state index contributed by atoms with van der Waals surface area (Å²) in [7, 11) is 0. The number of aromatic nitrogens is 3. The lowest BCUT2D eigenvalue weighted by molar-refractivity contribution is -0.132. The molecular formula is C23H22N4O4S. The van der Waals surface area contributed by atoms with Crippen LogP contribution in [0.3, 0.4) is 0 Å². The summed E-state index contributed by atoms with van der Waals surface area (Å²) in [6.45, 7) is 6.34. The van der Waals surface area contributed by atoms with Crippen LogP contribution >= 0.6 is 11.3 Å². The molecule has 32 heavy (non-hydrogen) atoms. The number of ether oxygens (including phenoxy) is 1. The zero-order valence-electron chi connectivity index (χ0n) is 17.8. The topological polar surface area (TPSA) is 106 Å². The van der Waals surface area contributed by atoms with Crippen molar-refractivity contribution in [2.75, 3.05) is 11.5 Å². The van der Waals surface area contributed by atoms with Gasteiger partial charge in [0, 0.05) is 23.9 Å². The van der Waals surface area contributed by atoms with E-state index < -0.39 is 17.7 Å². The molecule has 0 saturated carbocycles. The Hall–Kier alpha value is -3.59. The molecular weight excluding hydrogens is 428 g/mol. The number of nitrogens with zero attached hydrogens (tertiary/aromatic N) is 4. The first-order valence-electron chi connectivity index (χ1n) is 10.2. The number of aliphatic hydroxyl groups is 1. The molecule has 0 aliphatic carbocycles. The van der Waals surface area contributed by atoms with E-state index >= 15 is 0 Å². The Morgan fingerprint density at radius 1 is 1.19 bits per heavy atom. The molecule has 164 valence electrons. The molecule has 0 radical (unpaired) electrons. The molecule has 1 fully saturated rings. The molecule has 1 N–H and O–H groups in total. The average Bonchev–Trinajstić information content (AvgIpc) is 3.38. The van der Waals surface area contributed by atoms with Crippen LogP contribution in [0.15, 0.2) is 54.4 Å². The number of hydrogen-bond donors (Lipinski definition) is 1. The summed E-state index contributed by atoms with van der Waals surface area (Å²) < 4.78 is 5.44.